The van der Waals surface area contributed by atoms with Crippen molar-refractivity contribution in [1.82, 2.24) is 9.88 Å². The van der Waals surface area contributed by atoms with Gasteiger partial charge < -0.3 is 19.9 Å². The van der Waals surface area contributed by atoms with Gasteiger partial charge in [0.2, 0.25) is 0 Å². The van der Waals surface area contributed by atoms with Crippen LogP contribution in [-0.4, -0.2) is 23.2 Å². The summed E-state index contributed by atoms with van der Waals surface area (Å²) in [5.74, 6) is 1.47. The number of anilines is 1. The first kappa shape index (κ1) is 21.8. The number of benzene rings is 2. The molecule has 1 saturated carbocycles. The molecule has 166 valence electrons. The summed E-state index contributed by atoms with van der Waals surface area (Å²) in [4.78, 5) is 12.1. The Morgan fingerprint density at radius 2 is 1.97 bits per heavy atom. The summed E-state index contributed by atoms with van der Waals surface area (Å²) in [6.07, 6.45) is 3.32. The van der Waals surface area contributed by atoms with E-state index < -0.39 is 0 Å². The highest BCUT2D eigenvalue weighted by Gasteiger charge is 2.26. The summed E-state index contributed by atoms with van der Waals surface area (Å²) in [5.41, 5.74) is 4.32. The number of nitrogens with one attached hydrogen (secondary N) is 2. The van der Waals surface area contributed by atoms with Gasteiger partial charge in [-0.3, -0.25) is 0 Å². The van der Waals surface area contributed by atoms with E-state index in [0.717, 1.165) is 46.6 Å². The van der Waals surface area contributed by atoms with Gasteiger partial charge in [-0.05, 0) is 68.9 Å². The molecular formula is C26H30N4O2. The first-order valence-corrected chi connectivity index (χ1v) is 11.4. The van der Waals surface area contributed by atoms with Gasteiger partial charge in [-0.1, -0.05) is 19.1 Å². The van der Waals surface area contributed by atoms with E-state index in [2.05, 4.69) is 21.3 Å². The van der Waals surface area contributed by atoms with Crippen molar-refractivity contribution in [3.63, 3.8) is 0 Å². The molecule has 1 heterocycles. The van der Waals surface area contributed by atoms with E-state index in [9.17, 15) is 10.1 Å². The van der Waals surface area contributed by atoms with E-state index >= 15 is 0 Å². The molecule has 0 bridgehead atoms. The predicted octanol–water partition coefficient (Wildman–Crippen LogP) is 5.91. The average molecular weight is 431 g/mol. The number of fused-ring (bicyclic) bond motifs is 1. The summed E-state index contributed by atoms with van der Waals surface area (Å²) < 4.78 is 7.99. The van der Waals surface area contributed by atoms with E-state index in [1.54, 1.807) is 0 Å². The van der Waals surface area contributed by atoms with Crippen molar-refractivity contribution in [2.45, 2.75) is 52.6 Å². The second-order valence-electron chi connectivity index (χ2n) is 8.49. The number of hydrogen-bond donors (Lipinski definition) is 2. The van der Waals surface area contributed by atoms with Crippen molar-refractivity contribution in [2.75, 3.05) is 11.9 Å². The summed E-state index contributed by atoms with van der Waals surface area (Å²) in [7, 11) is 0. The van der Waals surface area contributed by atoms with Crippen LogP contribution in [0.3, 0.4) is 0 Å². The Kier molecular flexibility index (Phi) is 6.36. The second-order valence-corrected chi connectivity index (χ2v) is 8.49. The standard InChI is InChI=1S/C26H30N4O2/c1-4-17(3)28-26(31)29-20-10-8-19(9-11-20)25-23(15-27)22-13-12-21(32-5-2)14-24(22)30(25)16-18-6-7-18/h8-14,17-18H,4-7,16H2,1-3H3,(H2,28,29,31). The van der Waals surface area contributed by atoms with Crippen LogP contribution in [0.25, 0.3) is 22.2 Å². The van der Waals surface area contributed by atoms with Crippen molar-refractivity contribution in [1.29, 1.82) is 5.26 Å². The fourth-order valence-corrected chi connectivity index (χ4v) is 3.95. The largest absolute Gasteiger partial charge is 0.494 e. The highest BCUT2D eigenvalue weighted by atomic mass is 16.5. The fraction of sp³-hybridized carbons (Fsp3) is 0.385. The number of ether oxygens (including phenoxy) is 1. The van der Waals surface area contributed by atoms with E-state index in [1.807, 2.05) is 63.2 Å². The first-order chi connectivity index (χ1) is 15.5. The van der Waals surface area contributed by atoms with Crippen LogP contribution in [0.15, 0.2) is 42.5 Å². The number of nitrogens with zero attached hydrogens (tertiary/aromatic N) is 2. The monoisotopic (exact) mass is 430 g/mol. The van der Waals surface area contributed by atoms with E-state index in [4.69, 9.17) is 4.74 Å². The zero-order chi connectivity index (χ0) is 22.7. The maximum absolute atomic E-state index is 12.1. The van der Waals surface area contributed by atoms with E-state index in [0.29, 0.717) is 18.1 Å². The van der Waals surface area contributed by atoms with Crippen molar-refractivity contribution in [2.24, 2.45) is 5.92 Å². The lowest BCUT2D eigenvalue weighted by Crippen LogP contribution is -2.35. The number of amides is 2. The highest BCUT2D eigenvalue weighted by Crippen LogP contribution is 2.39. The molecule has 0 aliphatic heterocycles. The summed E-state index contributed by atoms with van der Waals surface area (Å²) in [5, 5.41) is 16.8. The third-order valence-electron chi connectivity index (χ3n) is 6.00. The Balaban J connectivity index is 1.71. The smallest absolute Gasteiger partial charge is 0.319 e. The molecule has 1 aliphatic rings. The minimum atomic E-state index is -0.212. The average Bonchev–Trinajstić information content (AvgIpc) is 3.56. The zero-order valence-corrected chi connectivity index (χ0v) is 18.9. The Labute approximate surface area is 189 Å². The van der Waals surface area contributed by atoms with Crippen molar-refractivity contribution >= 4 is 22.6 Å². The van der Waals surface area contributed by atoms with Gasteiger partial charge in [0.25, 0.3) is 0 Å². The van der Waals surface area contributed by atoms with Gasteiger partial charge in [-0.25, -0.2) is 4.79 Å². The molecule has 32 heavy (non-hydrogen) atoms. The Bertz CT molecular complexity index is 1150. The number of hydrogen-bond acceptors (Lipinski definition) is 3. The van der Waals surface area contributed by atoms with Crippen LogP contribution in [0.2, 0.25) is 0 Å². The molecule has 1 unspecified atom stereocenters. The number of carbonyl (C=O) groups excluding carboxylic acids is 1. The molecule has 1 aromatic heterocycles. The Morgan fingerprint density at radius 3 is 2.59 bits per heavy atom. The zero-order valence-electron chi connectivity index (χ0n) is 18.9. The number of aromatic nitrogens is 1. The minimum Gasteiger partial charge on any atom is -0.494 e. The molecule has 6 nitrogen and oxygen atoms in total. The number of rotatable bonds is 8. The second kappa shape index (κ2) is 9.35. The number of nitriles is 1. The van der Waals surface area contributed by atoms with Crippen LogP contribution < -0.4 is 15.4 Å². The molecule has 1 atom stereocenters. The van der Waals surface area contributed by atoms with Gasteiger partial charge >= 0.3 is 6.03 Å². The topological polar surface area (TPSA) is 79.1 Å². The predicted molar refractivity (Wildman–Crippen MR) is 128 cm³/mol. The lowest BCUT2D eigenvalue weighted by Gasteiger charge is -2.14. The summed E-state index contributed by atoms with van der Waals surface area (Å²) >= 11 is 0. The minimum absolute atomic E-state index is 0.118. The molecule has 1 fully saturated rings. The van der Waals surface area contributed by atoms with Crippen LogP contribution in [-0.2, 0) is 6.54 Å². The lowest BCUT2D eigenvalue weighted by molar-refractivity contribution is 0.249. The van der Waals surface area contributed by atoms with Gasteiger partial charge in [0.15, 0.2) is 0 Å². The molecule has 4 rings (SSSR count). The lowest BCUT2D eigenvalue weighted by atomic mass is 10.1. The first-order valence-electron chi connectivity index (χ1n) is 11.4. The summed E-state index contributed by atoms with van der Waals surface area (Å²) in [6.45, 7) is 7.47. The SMILES string of the molecule is CCOc1ccc2c(C#N)c(-c3ccc(NC(=O)NC(C)CC)cc3)n(CC3CC3)c2c1. The maximum Gasteiger partial charge on any atom is 0.319 e. The van der Waals surface area contributed by atoms with Crippen LogP contribution in [0, 0.1) is 17.2 Å². The maximum atomic E-state index is 12.1. The number of carbonyl (C=O) groups is 1. The molecule has 0 saturated heterocycles. The molecule has 0 spiro atoms. The van der Waals surface area contributed by atoms with Gasteiger partial charge in [0, 0.05) is 29.7 Å². The normalized spacial score (nSPS) is 14.1. The van der Waals surface area contributed by atoms with Crippen molar-refractivity contribution in [3.8, 4) is 23.1 Å². The third kappa shape index (κ3) is 4.57. The highest BCUT2D eigenvalue weighted by molar-refractivity contribution is 5.96. The molecule has 2 N–H and O–H groups in total. The molecule has 1 aliphatic carbocycles. The third-order valence-corrected chi connectivity index (χ3v) is 6.00. The van der Waals surface area contributed by atoms with Crippen LogP contribution >= 0.6 is 0 Å². The molecule has 2 amide bonds. The van der Waals surface area contributed by atoms with E-state index in [-0.39, 0.29) is 12.1 Å². The summed E-state index contributed by atoms with van der Waals surface area (Å²) in [6, 6.07) is 16.0. The van der Waals surface area contributed by atoms with E-state index in [1.165, 1.54) is 12.8 Å². The van der Waals surface area contributed by atoms with Gasteiger partial charge in [-0.15, -0.1) is 0 Å². The van der Waals surface area contributed by atoms with Crippen molar-refractivity contribution < 1.29 is 9.53 Å². The van der Waals surface area contributed by atoms with Gasteiger partial charge in [-0.2, -0.15) is 5.26 Å². The van der Waals surface area contributed by atoms with Crippen LogP contribution in [0.1, 0.15) is 45.6 Å². The molecular weight excluding hydrogens is 400 g/mol. The Hall–Kier alpha value is -3.46. The van der Waals surface area contributed by atoms with Crippen LogP contribution in [0.5, 0.6) is 5.75 Å². The Morgan fingerprint density at radius 1 is 1.22 bits per heavy atom. The van der Waals surface area contributed by atoms with Gasteiger partial charge in [0.1, 0.15) is 11.8 Å². The number of urea groups is 1. The fourth-order valence-electron chi connectivity index (χ4n) is 3.95. The molecule has 3 aromatic rings. The quantitative estimate of drug-likeness (QED) is 0.466. The van der Waals surface area contributed by atoms with Gasteiger partial charge in [0.05, 0.1) is 23.4 Å². The molecule has 0 radical (unpaired) electrons. The van der Waals surface area contributed by atoms with Crippen molar-refractivity contribution in [3.05, 3.63) is 48.0 Å². The molecule has 2 aromatic carbocycles. The van der Waals surface area contributed by atoms with Crippen LogP contribution in [0.4, 0.5) is 10.5 Å². The molecule has 6 heteroatoms.